The van der Waals surface area contributed by atoms with Gasteiger partial charge in [-0.15, -0.1) is 0 Å². The van der Waals surface area contributed by atoms with E-state index in [0.29, 0.717) is 18.0 Å². The molecule has 0 bridgehead atoms. The topological polar surface area (TPSA) is 67.2 Å². The van der Waals surface area contributed by atoms with Crippen molar-refractivity contribution in [2.75, 3.05) is 5.32 Å². The van der Waals surface area contributed by atoms with Crippen LogP contribution in [0.5, 0.6) is 0 Å². The number of benzene rings is 1. The zero-order valence-electron chi connectivity index (χ0n) is 14.6. The number of carbonyl (C=O) groups excluding carboxylic acids is 1. The largest absolute Gasteiger partial charge is 0.467 e. The number of anilines is 2. The normalized spacial score (nSPS) is 10.5. The molecule has 1 amide bonds. The van der Waals surface area contributed by atoms with Crippen molar-refractivity contribution in [2.45, 2.75) is 27.3 Å². The molecular weight excluding hydrogens is 314 g/mol. The first-order valence-corrected chi connectivity index (χ1v) is 8.14. The lowest BCUT2D eigenvalue weighted by Crippen LogP contribution is -2.23. The van der Waals surface area contributed by atoms with Crippen molar-refractivity contribution in [3.05, 3.63) is 77.0 Å². The van der Waals surface area contributed by atoms with E-state index in [0.717, 1.165) is 11.4 Å². The first-order valence-electron chi connectivity index (χ1n) is 8.14. The number of aromatic nitrogens is 1. The molecular formula is C20H21N3O2. The van der Waals surface area contributed by atoms with Crippen molar-refractivity contribution >= 4 is 17.3 Å². The fraction of sp³-hybridized carbons (Fsp3) is 0.200. The molecule has 0 fully saturated rings. The molecule has 0 radical (unpaired) electrons. The molecule has 0 unspecified atom stereocenters. The van der Waals surface area contributed by atoms with Gasteiger partial charge in [-0.05, 0) is 56.2 Å². The minimum atomic E-state index is -0.231. The van der Waals surface area contributed by atoms with E-state index in [1.165, 1.54) is 16.7 Å². The van der Waals surface area contributed by atoms with E-state index in [-0.39, 0.29) is 5.91 Å². The average Bonchev–Trinajstić information content (AvgIpc) is 3.10. The summed E-state index contributed by atoms with van der Waals surface area (Å²) < 4.78 is 5.19. The fourth-order valence-corrected chi connectivity index (χ4v) is 2.79. The van der Waals surface area contributed by atoms with E-state index in [2.05, 4.69) is 48.5 Å². The molecule has 0 aliphatic rings. The van der Waals surface area contributed by atoms with Gasteiger partial charge < -0.3 is 15.1 Å². The molecule has 3 rings (SSSR count). The van der Waals surface area contributed by atoms with Crippen LogP contribution in [0.3, 0.4) is 0 Å². The highest BCUT2D eigenvalue weighted by Crippen LogP contribution is 2.25. The maximum atomic E-state index is 12.1. The summed E-state index contributed by atoms with van der Waals surface area (Å²) in [6, 6.07) is 11.4. The molecule has 0 saturated heterocycles. The molecule has 0 atom stereocenters. The molecule has 0 spiro atoms. The van der Waals surface area contributed by atoms with E-state index in [1.54, 1.807) is 24.6 Å². The first-order chi connectivity index (χ1) is 12.0. The van der Waals surface area contributed by atoms with Crippen molar-refractivity contribution in [1.82, 2.24) is 10.3 Å². The Balaban J connectivity index is 1.67. The van der Waals surface area contributed by atoms with Gasteiger partial charge in [0.05, 0.1) is 24.7 Å². The number of hydrogen-bond donors (Lipinski definition) is 2. The fourth-order valence-electron chi connectivity index (χ4n) is 2.79. The SMILES string of the molecule is Cc1cc(C)c(Nc2ccc(C(=O)NCc3ccco3)nc2)c(C)c1. The summed E-state index contributed by atoms with van der Waals surface area (Å²) in [5, 5.41) is 6.16. The molecule has 3 aromatic rings. The number of carbonyl (C=O) groups is 1. The Hall–Kier alpha value is -3.08. The van der Waals surface area contributed by atoms with E-state index in [4.69, 9.17) is 4.42 Å². The molecule has 5 heteroatoms. The lowest BCUT2D eigenvalue weighted by atomic mass is 10.0. The molecule has 128 valence electrons. The number of amides is 1. The smallest absolute Gasteiger partial charge is 0.270 e. The Morgan fingerprint density at radius 2 is 1.88 bits per heavy atom. The molecule has 0 saturated carbocycles. The third-order valence-electron chi connectivity index (χ3n) is 3.95. The molecule has 2 heterocycles. The van der Waals surface area contributed by atoms with Gasteiger partial charge in [0, 0.05) is 5.69 Å². The minimum Gasteiger partial charge on any atom is -0.467 e. The lowest BCUT2D eigenvalue weighted by molar-refractivity contribution is 0.0943. The summed E-state index contributed by atoms with van der Waals surface area (Å²) >= 11 is 0. The van der Waals surface area contributed by atoms with Crippen molar-refractivity contribution < 1.29 is 9.21 Å². The number of furan rings is 1. The summed E-state index contributed by atoms with van der Waals surface area (Å²) in [6.07, 6.45) is 3.25. The maximum absolute atomic E-state index is 12.1. The van der Waals surface area contributed by atoms with Gasteiger partial charge in [0.15, 0.2) is 0 Å². The maximum Gasteiger partial charge on any atom is 0.270 e. The number of pyridine rings is 1. The Morgan fingerprint density at radius 3 is 2.48 bits per heavy atom. The summed E-state index contributed by atoms with van der Waals surface area (Å²) in [4.78, 5) is 16.4. The summed E-state index contributed by atoms with van der Waals surface area (Å²) in [5.74, 6) is 0.475. The van der Waals surface area contributed by atoms with Crippen LogP contribution in [0.25, 0.3) is 0 Å². The summed E-state index contributed by atoms with van der Waals surface area (Å²) in [6.45, 7) is 6.58. The molecule has 2 aromatic heterocycles. The van der Waals surface area contributed by atoms with Crippen molar-refractivity contribution in [2.24, 2.45) is 0 Å². The molecule has 0 aliphatic carbocycles. The van der Waals surface area contributed by atoms with Crippen molar-refractivity contribution in [1.29, 1.82) is 0 Å². The number of nitrogens with one attached hydrogen (secondary N) is 2. The zero-order valence-corrected chi connectivity index (χ0v) is 14.6. The van der Waals surface area contributed by atoms with Crippen molar-refractivity contribution in [3.8, 4) is 0 Å². The second kappa shape index (κ2) is 7.21. The van der Waals surface area contributed by atoms with Crippen LogP contribution >= 0.6 is 0 Å². The van der Waals surface area contributed by atoms with E-state index >= 15 is 0 Å². The Labute approximate surface area is 147 Å². The standard InChI is InChI=1S/C20H21N3O2/c1-13-9-14(2)19(15(3)10-13)23-16-6-7-18(21-11-16)20(24)22-12-17-5-4-8-25-17/h4-11,23H,12H2,1-3H3,(H,22,24). The predicted octanol–water partition coefficient (Wildman–Crippen LogP) is 4.27. The second-order valence-corrected chi connectivity index (χ2v) is 6.09. The van der Waals surface area contributed by atoms with Gasteiger partial charge in [-0.3, -0.25) is 4.79 Å². The van der Waals surface area contributed by atoms with Gasteiger partial charge in [-0.1, -0.05) is 17.7 Å². The molecule has 5 nitrogen and oxygen atoms in total. The van der Waals surface area contributed by atoms with Crippen LogP contribution in [-0.2, 0) is 6.54 Å². The highest BCUT2D eigenvalue weighted by molar-refractivity contribution is 5.92. The zero-order chi connectivity index (χ0) is 17.8. The highest BCUT2D eigenvalue weighted by atomic mass is 16.3. The van der Waals surface area contributed by atoms with Crippen LogP contribution < -0.4 is 10.6 Å². The minimum absolute atomic E-state index is 0.231. The number of nitrogens with zero attached hydrogens (tertiary/aromatic N) is 1. The van der Waals surface area contributed by atoms with E-state index < -0.39 is 0 Å². The van der Waals surface area contributed by atoms with Gasteiger partial charge in [-0.2, -0.15) is 0 Å². The Morgan fingerprint density at radius 1 is 1.12 bits per heavy atom. The first kappa shape index (κ1) is 16.8. The van der Waals surface area contributed by atoms with Crippen LogP contribution in [0.2, 0.25) is 0 Å². The summed E-state index contributed by atoms with van der Waals surface area (Å²) in [5.41, 5.74) is 5.88. The molecule has 25 heavy (non-hydrogen) atoms. The Kier molecular flexibility index (Phi) is 4.84. The van der Waals surface area contributed by atoms with E-state index in [9.17, 15) is 4.79 Å². The second-order valence-electron chi connectivity index (χ2n) is 6.09. The van der Waals surface area contributed by atoms with Crippen LogP contribution in [0.15, 0.2) is 53.3 Å². The van der Waals surface area contributed by atoms with Crippen LogP contribution in [0.1, 0.15) is 32.9 Å². The number of rotatable bonds is 5. The van der Waals surface area contributed by atoms with Crippen LogP contribution in [0.4, 0.5) is 11.4 Å². The summed E-state index contributed by atoms with van der Waals surface area (Å²) in [7, 11) is 0. The van der Waals surface area contributed by atoms with Gasteiger partial charge in [0.1, 0.15) is 11.5 Å². The molecule has 2 N–H and O–H groups in total. The van der Waals surface area contributed by atoms with Crippen molar-refractivity contribution in [3.63, 3.8) is 0 Å². The highest BCUT2D eigenvalue weighted by Gasteiger charge is 2.09. The van der Waals surface area contributed by atoms with Gasteiger partial charge in [0.2, 0.25) is 0 Å². The van der Waals surface area contributed by atoms with E-state index in [1.807, 2.05) is 12.1 Å². The van der Waals surface area contributed by atoms with Gasteiger partial charge >= 0.3 is 0 Å². The number of hydrogen-bond acceptors (Lipinski definition) is 4. The molecule has 0 aliphatic heterocycles. The predicted molar refractivity (Wildman–Crippen MR) is 98.1 cm³/mol. The van der Waals surface area contributed by atoms with Gasteiger partial charge in [-0.25, -0.2) is 4.98 Å². The third-order valence-corrected chi connectivity index (χ3v) is 3.95. The molecule has 1 aromatic carbocycles. The van der Waals surface area contributed by atoms with Gasteiger partial charge in [0.25, 0.3) is 5.91 Å². The monoisotopic (exact) mass is 335 g/mol. The average molecular weight is 335 g/mol. The quantitative estimate of drug-likeness (QED) is 0.730. The lowest BCUT2D eigenvalue weighted by Gasteiger charge is -2.14. The van der Waals surface area contributed by atoms with Crippen LogP contribution in [-0.4, -0.2) is 10.9 Å². The third kappa shape index (κ3) is 4.07. The number of aryl methyl sites for hydroxylation is 3. The Bertz CT molecular complexity index is 845. The van der Waals surface area contributed by atoms with Crippen LogP contribution in [0, 0.1) is 20.8 Å².